The molecule has 1 atom stereocenters. The highest BCUT2D eigenvalue weighted by Crippen LogP contribution is 2.40. The number of hydrogen-bond acceptors (Lipinski definition) is 1. The van der Waals surface area contributed by atoms with Crippen LogP contribution in [0.3, 0.4) is 0 Å². The Hall–Kier alpha value is -4.56. The van der Waals surface area contributed by atoms with Gasteiger partial charge in [0.25, 0.3) is 0 Å². The third-order valence-electron chi connectivity index (χ3n) is 7.76. The number of aromatic nitrogens is 1. The van der Waals surface area contributed by atoms with Crippen molar-refractivity contribution in [2.24, 2.45) is 0 Å². The molecule has 1 aromatic heterocycles. The lowest BCUT2D eigenvalue weighted by molar-refractivity contribution is 0.821. The third kappa shape index (κ3) is 3.65. The Bertz CT molecular complexity index is 1760. The van der Waals surface area contributed by atoms with Gasteiger partial charge in [0.15, 0.2) is 0 Å². The number of rotatable bonds is 4. The second-order valence-corrected chi connectivity index (χ2v) is 9.86. The van der Waals surface area contributed by atoms with E-state index in [9.17, 15) is 0 Å². The Morgan fingerprint density at radius 1 is 0.649 bits per heavy atom. The Labute approximate surface area is 217 Å². The molecule has 0 saturated heterocycles. The van der Waals surface area contributed by atoms with E-state index < -0.39 is 0 Å². The quantitative estimate of drug-likeness (QED) is 0.246. The molecule has 0 radical (unpaired) electrons. The lowest BCUT2D eigenvalue weighted by atomic mass is 9.82. The summed E-state index contributed by atoms with van der Waals surface area (Å²) >= 11 is 0. The largest absolute Gasteiger partial charge is 0.345 e. The molecule has 2 nitrogen and oxygen atoms in total. The summed E-state index contributed by atoms with van der Waals surface area (Å²) < 4.78 is 2.40. The van der Waals surface area contributed by atoms with Gasteiger partial charge in [-0.2, -0.15) is 0 Å². The molecular weight excluding hydrogens is 448 g/mol. The SMILES string of the molecule is CN(c1ccccc1)c1ccc2c(c1)c1cc(C3CC=Cc4ccccc43)ccc1n2-c1ccccc1. The summed E-state index contributed by atoms with van der Waals surface area (Å²) in [6.07, 6.45) is 5.61. The maximum absolute atomic E-state index is 2.43. The first-order chi connectivity index (χ1) is 18.3. The van der Waals surface area contributed by atoms with Crippen molar-refractivity contribution in [3.05, 3.63) is 144 Å². The van der Waals surface area contributed by atoms with Gasteiger partial charge < -0.3 is 9.47 Å². The van der Waals surface area contributed by atoms with Crippen LogP contribution in [0.2, 0.25) is 0 Å². The third-order valence-corrected chi connectivity index (χ3v) is 7.76. The van der Waals surface area contributed by atoms with Gasteiger partial charge in [-0.25, -0.2) is 0 Å². The second kappa shape index (κ2) is 8.83. The zero-order chi connectivity index (χ0) is 24.8. The Morgan fingerprint density at radius 2 is 1.32 bits per heavy atom. The van der Waals surface area contributed by atoms with E-state index >= 15 is 0 Å². The first-order valence-electron chi connectivity index (χ1n) is 13.0. The molecule has 0 bridgehead atoms. The zero-order valence-corrected chi connectivity index (χ0v) is 20.9. The first kappa shape index (κ1) is 21.7. The van der Waals surface area contributed by atoms with E-state index in [2.05, 4.69) is 150 Å². The number of benzene rings is 5. The van der Waals surface area contributed by atoms with Crippen molar-refractivity contribution in [1.82, 2.24) is 4.57 Å². The molecule has 0 N–H and O–H groups in total. The van der Waals surface area contributed by atoms with Crippen molar-refractivity contribution in [2.45, 2.75) is 12.3 Å². The van der Waals surface area contributed by atoms with E-state index in [4.69, 9.17) is 0 Å². The molecule has 0 amide bonds. The minimum atomic E-state index is 0.371. The highest BCUT2D eigenvalue weighted by atomic mass is 15.1. The van der Waals surface area contributed by atoms with Crippen molar-refractivity contribution in [2.75, 3.05) is 11.9 Å². The Balaban J connectivity index is 1.45. The summed E-state index contributed by atoms with van der Waals surface area (Å²) in [6, 6.07) is 44.0. The van der Waals surface area contributed by atoms with Gasteiger partial charge in [0.2, 0.25) is 0 Å². The van der Waals surface area contributed by atoms with Gasteiger partial charge >= 0.3 is 0 Å². The van der Waals surface area contributed by atoms with Crippen LogP contribution in [0.15, 0.2) is 127 Å². The molecule has 178 valence electrons. The van der Waals surface area contributed by atoms with Crippen LogP contribution in [0.25, 0.3) is 33.6 Å². The summed E-state index contributed by atoms with van der Waals surface area (Å²) in [7, 11) is 2.14. The fourth-order valence-electron chi connectivity index (χ4n) is 5.86. The molecule has 7 rings (SSSR count). The van der Waals surface area contributed by atoms with Gasteiger partial charge in [-0.15, -0.1) is 0 Å². The van der Waals surface area contributed by atoms with E-state index in [1.165, 1.54) is 55.6 Å². The van der Waals surface area contributed by atoms with Crippen LogP contribution in [0, 0.1) is 0 Å². The van der Waals surface area contributed by atoms with Crippen LogP contribution in [-0.4, -0.2) is 11.6 Å². The molecule has 0 fully saturated rings. The van der Waals surface area contributed by atoms with Gasteiger partial charge in [-0.05, 0) is 77.7 Å². The molecule has 37 heavy (non-hydrogen) atoms. The summed E-state index contributed by atoms with van der Waals surface area (Å²) in [4.78, 5) is 2.26. The molecule has 6 aromatic rings. The van der Waals surface area contributed by atoms with Crippen LogP contribution in [0.5, 0.6) is 0 Å². The molecular formula is C35H28N2. The summed E-state index contributed by atoms with van der Waals surface area (Å²) in [5.41, 5.74) is 10.1. The molecule has 1 aliphatic carbocycles. The number of nitrogens with zero attached hydrogens (tertiary/aromatic N) is 2. The lowest BCUT2D eigenvalue weighted by Crippen LogP contribution is -2.08. The minimum Gasteiger partial charge on any atom is -0.345 e. The van der Waals surface area contributed by atoms with Gasteiger partial charge in [0, 0.05) is 40.8 Å². The topological polar surface area (TPSA) is 8.17 Å². The van der Waals surface area contributed by atoms with Crippen LogP contribution < -0.4 is 4.90 Å². The standard InChI is InChI=1S/C35H28N2/c1-36(27-13-4-2-5-14-27)29-20-22-35-33(24-29)32-23-26(31-18-10-12-25-11-8-9-17-30(25)31)19-21-34(32)37(35)28-15-6-3-7-16-28/h2-17,19-24,31H,18H2,1H3. The summed E-state index contributed by atoms with van der Waals surface area (Å²) in [6.45, 7) is 0. The molecule has 0 spiro atoms. The molecule has 1 unspecified atom stereocenters. The maximum atomic E-state index is 2.43. The molecule has 0 saturated carbocycles. The first-order valence-corrected chi connectivity index (χ1v) is 13.0. The van der Waals surface area contributed by atoms with Crippen LogP contribution >= 0.6 is 0 Å². The lowest BCUT2D eigenvalue weighted by Gasteiger charge is -2.22. The second-order valence-electron chi connectivity index (χ2n) is 9.86. The predicted molar refractivity (Wildman–Crippen MR) is 157 cm³/mol. The number of anilines is 2. The minimum absolute atomic E-state index is 0.371. The molecule has 1 heterocycles. The van der Waals surface area contributed by atoms with Crippen LogP contribution in [0.4, 0.5) is 11.4 Å². The van der Waals surface area contributed by atoms with Gasteiger partial charge in [-0.3, -0.25) is 0 Å². The number of allylic oxidation sites excluding steroid dienone is 1. The highest BCUT2D eigenvalue weighted by molar-refractivity contribution is 6.10. The van der Waals surface area contributed by atoms with Gasteiger partial charge in [0.05, 0.1) is 11.0 Å². The molecule has 1 aliphatic rings. The molecule has 2 heteroatoms. The average Bonchev–Trinajstić information content (AvgIpc) is 3.30. The van der Waals surface area contributed by atoms with Gasteiger partial charge in [0.1, 0.15) is 0 Å². The fraction of sp³-hybridized carbons (Fsp3) is 0.0857. The van der Waals surface area contributed by atoms with E-state index in [1.807, 2.05) is 0 Å². The monoisotopic (exact) mass is 476 g/mol. The average molecular weight is 477 g/mol. The van der Waals surface area contributed by atoms with Crippen LogP contribution in [0.1, 0.15) is 29.0 Å². The highest BCUT2D eigenvalue weighted by Gasteiger charge is 2.21. The van der Waals surface area contributed by atoms with Crippen LogP contribution in [-0.2, 0) is 0 Å². The normalized spacial score (nSPS) is 14.7. The van der Waals surface area contributed by atoms with Crippen molar-refractivity contribution in [1.29, 1.82) is 0 Å². The van der Waals surface area contributed by atoms with Crippen molar-refractivity contribution >= 4 is 39.3 Å². The number of hydrogen-bond donors (Lipinski definition) is 0. The summed E-state index contributed by atoms with van der Waals surface area (Å²) in [5, 5.41) is 2.58. The van der Waals surface area contributed by atoms with E-state index in [1.54, 1.807) is 0 Å². The van der Waals surface area contributed by atoms with Crippen molar-refractivity contribution in [3.63, 3.8) is 0 Å². The Kier molecular flexibility index (Phi) is 5.18. The smallest absolute Gasteiger partial charge is 0.0542 e. The van der Waals surface area contributed by atoms with Gasteiger partial charge in [-0.1, -0.05) is 78.9 Å². The Morgan fingerprint density at radius 3 is 2.14 bits per heavy atom. The maximum Gasteiger partial charge on any atom is 0.0542 e. The fourth-order valence-corrected chi connectivity index (χ4v) is 5.86. The van der Waals surface area contributed by atoms with Crippen molar-refractivity contribution in [3.8, 4) is 5.69 Å². The van der Waals surface area contributed by atoms with E-state index in [0.29, 0.717) is 5.92 Å². The van der Waals surface area contributed by atoms with Crippen molar-refractivity contribution < 1.29 is 0 Å². The number of fused-ring (bicyclic) bond motifs is 4. The molecule has 5 aromatic carbocycles. The van der Waals surface area contributed by atoms with E-state index in [0.717, 1.165) is 6.42 Å². The molecule has 0 aliphatic heterocycles. The zero-order valence-electron chi connectivity index (χ0n) is 20.9. The summed E-state index contributed by atoms with van der Waals surface area (Å²) in [5.74, 6) is 0.371. The predicted octanol–water partition coefficient (Wildman–Crippen LogP) is 9.10. The number of para-hydroxylation sites is 2. The van der Waals surface area contributed by atoms with E-state index in [-0.39, 0.29) is 0 Å².